The molecule has 1 saturated heterocycles. The third kappa shape index (κ3) is 2.74. The van der Waals surface area contributed by atoms with Crippen molar-refractivity contribution in [3.8, 4) is 0 Å². The van der Waals surface area contributed by atoms with Crippen molar-refractivity contribution in [1.29, 1.82) is 0 Å². The van der Waals surface area contributed by atoms with E-state index in [4.69, 9.17) is 4.98 Å². The van der Waals surface area contributed by atoms with Crippen molar-refractivity contribution < 1.29 is 4.79 Å². The minimum atomic E-state index is -0.00172. The maximum Gasteiger partial charge on any atom is 0.253 e. The number of hydrogen-bond donors (Lipinski definition) is 0. The summed E-state index contributed by atoms with van der Waals surface area (Å²) in [6.07, 6.45) is 6.18. The van der Waals surface area contributed by atoms with Gasteiger partial charge in [-0.1, -0.05) is 0 Å². The van der Waals surface area contributed by atoms with Crippen LogP contribution in [0.2, 0.25) is 0 Å². The SMILES string of the molecule is Cc1ncc2c(n1)C1(CCCN(C(=O)c3ccc4sc(C)nc4c3)C1)CC2. The lowest BCUT2D eigenvalue weighted by molar-refractivity contribution is 0.0633. The van der Waals surface area contributed by atoms with Crippen molar-refractivity contribution in [2.75, 3.05) is 13.1 Å². The van der Waals surface area contributed by atoms with Gasteiger partial charge in [-0.15, -0.1) is 11.3 Å². The molecule has 0 bridgehead atoms. The van der Waals surface area contributed by atoms with Crippen LogP contribution in [-0.4, -0.2) is 38.8 Å². The maximum absolute atomic E-state index is 13.2. The Balaban J connectivity index is 1.46. The summed E-state index contributed by atoms with van der Waals surface area (Å²) in [6, 6.07) is 5.91. The Kier molecular flexibility index (Phi) is 3.79. The molecule has 5 rings (SSSR count). The third-order valence-electron chi connectivity index (χ3n) is 5.97. The first kappa shape index (κ1) is 16.8. The average Bonchev–Trinajstić information content (AvgIpc) is 3.20. The zero-order chi connectivity index (χ0) is 18.6. The molecule has 6 heteroatoms. The molecule has 1 unspecified atom stereocenters. The van der Waals surface area contributed by atoms with Crippen LogP contribution in [-0.2, 0) is 11.8 Å². The van der Waals surface area contributed by atoms with Crippen molar-refractivity contribution >= 4 is 27.5 Å². The molecule has 2 aliphatic rings. The van der Waals surface area contributed by atoms with Gasteiger partial charge in [-0.2, -0.15) is 0 Å². The van der Waals surface area contributed by atoms with Crippen LogP contribution in [0.4, 0.5) is 0 Å². The molecular weight excluding hydrogens is 356 g/mol. The first-order valence-electron chi connectivity index (χ1n) is 9.54. The van der Waals surface area contributed by atoms with Gasteiger partial charge >= 0.3 is 0 Å². The van der Waals surface area contributed by atoms with Gasteiger partial charge in [-0.3, -0.25) is 4.79 Å². The molecule has 1 amide bonds. The van der Waals surface area contributed by atoms with Crippen LogP contribution in [0.5, 0.6) is 0 Å². The van der Waals surface area contributed by atoms with Gasteiger partial charge < -0.3 is 4.90 Å². The van der Waals surface area contributed by atoms with E-state index in [0.29, 0.717) is 0 Å². The summed E-state index contributed by atoms with van der Waals surface area (Å²) < 4.78 is 1.14. The minimum Gasteiger partial charge on any atom is -0.338 e. The Hall–Kier alpha value is -2.34. The van der Waals surface area contributed by atoms with E-state index in [9.17, 15) is 4.79 Å². The Morgan fingerprint density at radius 1 is 1.22 bits per heavy atom. The Morgan fingerprint density at radius 2 is 2.11 bits per heavy atom. The molecular formula is C21H22N4OS. The molecule has 1 aliphatic carbocycles. The highest BCUT2D eigenvalue weighted by atomic mass is 32.1. The number of carbonyl (C=O) groups excluding carboxylic acids is 1. The van der Waals surface area contributed by atoms with E-state index in [0.717, 1.165) is 65.4 Å². The Labute approximate surface area is 162 Å². The molecule has 3 aromatic rings. The number of nitrogens with zero attached hydrogens (tertiary/aromatic N) is 4. The van der Waals surface area contributed by atoms with E-state index in [1.807, 2.05) is 43.1 Å². The van der Waals surface area contributed by atoms with Crippen molar-refractivity contribution in [3.63, 3.8) is 0 Å². The van der Waals surface area contributed by atoms with Crippen molar-refractivity contribution in [3.05, 3.63) is 52.0 Å². The summed E-state index contributed by atoms with van der Waals surface area (Å²) in [5.41, 5.74) is 4.09. The molecule has 0 radical (unpaired) electrons. The quantitative estimate of drug-likeness (QED) is 0.646. The molecule has 2 aromatic heterocycles. The average molecular weight is 379 g/mol. The number of rotatable bonds is 1. The summed E-state index contributed by atoms with van der Waals surface area (Å²) >= 11 is 1.67. The number of hydrogen-bond acceptors (Lipinski definition) is 5. The number of aryl methyl sites for hydroxylation is 3. The number of carbonyl (C=O) groups is 1. The second kappa shape index (κ2) is 6.09. The predicted octanol–water partition coefficient (Wildman–Crippen LogP) is 3.82. The second-order valence-electron chi connectivity index (χ2n) is 7.82. The van der Waals surface area contributed by atoms with E-state index in [1.165, 1.54) is 11.3 Å². The lowest BCUT2D eigenvalue weighted by Crippen LogP contribution is -2.48. The minimum absolute atomic E-state index is 0.00172. The monoisotopic (exact) mass is 378 g/mol. The van der Waals surface area contributed by atoms with Crippen LogP contribution in [0.25, 0.3) is 10.2 Å². The molecule has 1 atom stereocenters. The van der Waals surface area contributed by atoms with Gasteiger partial charge in [0.05, 0.1) is 20.9 Å². The van der Waals surface area contributed by atoms with Gasteiger partial charge in [-0.25, -0.2) is 15.0 Å². The zero-order valence-corrected chi connectivity index (χ0v) is 16.5. The predicted molar refractivity (Wildman–Crippen MR) is 106 cm³/mol. The molecule has 1 aromatic carbocycles. The summed E-state index contributed by atoms with van der Waals surface area (Å²) in [6.45, 7) is 5.52. The number of likely N-dealkylation sites (tertiary alicyclic amines) is 1. The van der Waals surface area contributed by atoms with Crippen molar-refractivity contribution in [1.82, 2.24) is 19.9 Å². The second-order valence-corrected chi connectivity index (χ2v) is 9.05. The van der Waals surface area contributed by atoms with Crippen LogP contribution in [0.15, 0.2) is 24.4 Å². The molecule has 27 heavy (non-hydrogen) atoms. The normalized spacial score (nSPS) is 21.8. The Bertz CT molecular complexity index is 1060. The van der Waals surface area contributed by atoms with E-state index >= 15 is 0 Å². The lowest BCUT2D eigenvalue weighted by atomic mass is 9.77. The van der Waals surface area contributed by atoms with E-state index in [1.54, 1.807) is 11.3 Å². The van der Waals surface area contributed by atoms with Gasteiger partial charge in [0, 0.05) is 30.3 Å². The van der Waals surface area contributed by atoms with Crippen molar-refractivity contribution in [2.45, 2.75) is 44.9 Å². The van der Waals surface area contributed by atoms with Gasteiger partial charge in [0.15, 0.2) is 0 Å². The van der Waals surface area contributed by atoms with Crippen LogP contribution < -0.4 is 0 Å². The van der Waals surface area contributed by atoms with Crippen LogP contribution >= 0.6 is 11.3 Å². The fourth-order valence-electron chi connectivity index (χ4n) is 4.69. The van der Waals surface area contributed by atoms with Gasteiger partial charge in [-0.05, 0) is 63.3 Å². The number of fused-ring (bicyclic) bond motifs is 3. The summed E-state index contributed by atoms with van der Waals surface area (Å²) in [5.74, 6) is 0.934. The fraction of sp³-hybridized carbons (Fsp3) is 0.429. The number of benzene rings is 1. The molecule has 1 aliphatic heterocycles. The highest BCUT2D eigenvalue weighted by Gasteiger charge is 2.44. The molecule has 1 spiro atoms. The standard InChI is InChI=1S/C21H22N4OS/c1-13-22-11-16-6-8-21(19(16)23-13)7-3-9-25(12-21)20(26)15-4-5-18-17(10-15)24-14(2)27-18/h4-5,10-11H,3,6-9,12H2,1-2H3. The zero-order valence-electron chi connectivity index (χ0n) is 15.7. The lowest BCUT2D eigenvalue weighted by Gasteiger charge is -2.40. The molecule has 0 N–H and O–H groups in total. The smallest absolute Gasteiger partial charge is 0.253 e. The van der Waals surface area contributed by atoms with Crippen LogP contribution in [0, 0.1) is 13.8 Å². The molecule has 3 heterocycles. The topological polar surface area (TPSA) is 59.0 Å². The molecule has 138 valence electrons. The number of piperidine rings is 1. The fourth-order valence-corrected chi connectivity index (χ4v) is 5.50. The summed E-state index contributed by atoms with van der Waals surface area (Å²) in [5, 5.41) is 1.03. The van der Waals surface area contributed by atoms with Crippen molar-refractivity contribution in [2.24, 2.45) is 0 Å². The third-order valence-corrected chi connectivity index (χ3v) is 6.92. The molecule has 5 nitrogen and oxygen atoms in total. The number of aromatic nitrogens is 3. The van der Waals surface area contributed by atoms with Gasteiger partial charge in [0.25, 0.3) is 5.91 Å². The highest BCUT2D eigenvalue weighted by molar-refractivity contribution is 7.18. The first-order chi connectivity index (χ1) is 13.0. The van der Waals surface area contributed by atoms with Crippen LogP contribution in [0.3, 0.4) is 0 Å². The first-order valence-corrected chi connectivity index (χ1v) is 10.4. The highest BCUT2D eigenvalue weighted by Crippen LogP contribution is 2.44. The maximum atomic E-state index is 13.2. The molecule has 0 saturated carbocycles. The number of thiazole rings is 1. The Morgan fingerprint density at radius 3 is 3.00 bits per heavy atom. The molecule has 1 fully saturated rings. The van der Waals surface area contributed by atoms with Gasteiger partial charge in [0.1, 0.15) is 5.82 Å². The largest absolute Gasteiger partial charge is 0.338 e. The summed E-state index contributed by atoms with van der Waals surface area (Å²) in [4.78, 5) is 29.0. The van der Waals surface area contributed by atoms with Crippen LogP contribution in [0.1, 0.15) is 51.7 Å². The van der Waals surface area contributed by atoms with E-state index in [2.05, 4.69) is 9.97 Å². The van der Waals surface area contributed by atoms with Gasteiger partial charge in [0.2, 0.25) is 0 Å². The number of amides is 1. The van der Waals surface area contributed by atoms with E-state index < -0.39 is 0 Å². The van der Waals surface area contributed by atoms with E-state index in [-0.39, 0.29) is 11.3 Å². The summed E-state index contributed by atoms with van der Waals surface area (Å²) in [7, 11) is 0.